The van der Waals surface area contributed by atoms with Crippen LogP contribution in [0.15, 0.2) is 60.1 Å². The second-order valence-electron chi connectivity index (χ2n) is 7.96. The summed E-state index contributed by atoms with van der Waals surface area (Å²) in [6.07, 6.45) is 3.25. The van der Waals surface area contributed by atoms with Crippen LogP contribution >= 0.6 is 11.3 Å². The normalized spacial score (nSPS) is 21.0. The van der Waals surface area contributed by atoms with Crippen molar-refractivity contribution < 1.29 is 9.59 Å². The first-order valence-electron chi connectivity index (χ1n) is 10.1. The molecule has 2 amide bonds. The van der Waals surface area contributed by atoms with E-state index in [4.69, 9.17) is 0 Å². The molecule has 2 aliphatic rings. The third kappa shape index (κ3) is 3.39. The van der Waals surface area contributed by atoms with Gasteiger partial charge in [-0.15, -0.1) is 11.3 Å². The molecule has 2 aromatic heterocycles. The van der Waals surface area contributed by atoms with Gasteiger partial charge in [0.05, 0.1) is 17.7 Å². The number of hydrogen-bond acceptors (Lipinski definition) is 5. The molecule has 0 N–H and O–H groups in total. The zero-order chi connectivity index (χ0) is 20.6. The van der Waals surface area contributed by atoms with Gasteiger partial charge < -0.3 is 9.80 Å². The number of rotatable bonds is 4. The quantitative estimate of drug-likeness (QED) is 0.651. The predicted octanol–water partition coefficient (Wildman–Crippen LogP) is 3.47. The van der Waals surface area contributed by atoms with E-state index in [0.717, 1.165) is 22.7 Å². The highest BCUT2D eigenvalue weighted by Crippen LogP contribution is 2.41. The van der Waals surface area contributed by atoms with Crippen molar-refractivity contribution in [2.75, 3.05) is 19.6 Å². The molecule has 3 aromatic rings. The molecule has 0 saturated carbocycles. The van der Waals surface area contributed by atoms with Crippen molar-refractivity contribution in [3.8, 4) is 10.6 Å². The molecule has 1 aromatic carbocycles. The third-order valence-electron chi connectivity index (χ3n) is 6.07. The molecule has 0 aliphatic carbocycles. The van der Waals surface area contributed by atoms with E-state index in [1.807, 2.05) is 58.8 Å². The van der Waals surface area contributed by atoms with Gasteiger partial charge in [0.25, 0.3) is 5.91 Å². The smallest absolute Gasteiger partial charge is 0.273 e. The van der Waals surface area contributed by atoms with Crippen LogP contribution in [0.5, 0.6) is 0 Å². The Hall–Kier alpha value is -3.06. The van der Waals surface area contributed by atoms with Gasteiger partial charge in [-0.05, 0) is 25.0 Å². The van der Waals surface area contributed by atoms with Gasteiger partial charge >= 0.3 is 0 Å². The number of nitrogens with zero attached hydrogens (tertiary/aromatic N) is 4. The maximum atomic E-state index is 13.2. The molecular weight excluding hydrogens is 396 g/mol. The highest BCUT2D eigenvalue weighted by Gasteiger charge is 2.51. The van der Waals surface area contributed by atoms with Crippen LogP contribution in [0.3, 0.4) is 0 Å². The van der Waals surface area contributed by atoms with E-state index < -0.39 is 5.41 Å². The molecule has 30 heavy (non-hydrogen) atoms. The second kappa shape index (κ2) is 7.65. The minimum Gasteiger partial charge on any atom is -0.336 e. The standard InChI is InChI=1S/C23H22N4O2S/c28-21(19-15-30-20(25-19)17-6-2-1-3-7-17)27-13-10-23(16-27)9-12-26(22(23)29)14-18-8-4-5-11-24-18/h1-8,11,15H,9-10,12-14,16H2. The van der Waals surface area contributed by atoms with Crippen molar-refractivity contribution in [2.45, 2.75) is 19.4 Å². The third-order valence-corrected chi connectivity index (χ3v) is 6.96. The monoisotopic (exact) mass is 418 g/mol. The number of hydrogen-bond donors (Lipinski definition) is 0. The zero-order valence-electron chi connectivity index (χ0n) is 16.5. The predicted molar refractivity (Wildman–Crippen MR) is 115 cm³/mol. The van der Waals surface area contributed by atoms with Gasteiger partial charge in [0.2, 0.25) is 5.91 Å². The highest BCUT2D eigenvalue weighted by atomic mass is 32.1. The fourth-order valence-electron chi connectivity index (χ4n) is 4.40. The fraction of sp³-hybridized carbons (Fsp3) is 0.304. The van der Waals surface area contributed by atoms with E-state index in [0.29, 0.717) is 38.3 Å². The van der Waals surface area contributed by atoms with Gasteiger partial charge in [-0.3, -0.25) is 14.6 Å². The summed E-state index contributed by atoms with van der Waals surface area (Å²) < 4.78 is 0. The molecule has 5 rings (SSSR count). The first-order chi connectivity index (χ1) is 14.6. The lowest BCUT2D eigenvalue weighted by molar-refractivity contribution is -0.135. The summed E-state index contributed by atoms with van der Waals surface area (Å²) in [5.74, 6) is 0.0630. The van der Waals surface area contributed by atoms with Crippen molar-refractivity contribution >= 4 is 23.2 Å². The number of aromatic nitrogens is 2. The topological polar surface area (TPSA) is 66.4 Å². The number of thiazole rings is 1. The van der Waals surface area contributed by atoms with Gasteiger partial charge in [0.15, 0.2) is 0 Å². The van der Waals surface area contributed by atoms with E-state index in [1.54, 1.807) is 11.1 Å². The van der Waals surface area contributed by atoms with E-state index in [2.05, 4.69) is 9.97 Å². The Morgan fingerprint density at radius 3 is 2.67 bits per heavy atom. The zero-order valence-corrected chi connectivity index (χ0v) is 17.3. The van der Waals surface area contributed by atoms with Crippen LogP contribution < -0.4 is 0 Å². The lowest BCUT2D eigenvalue weighted by Gasteiger charge is -2.23. The Balaban J connectivity index is 1.27. The molecule has 2 saturated heterocycles. The summed E-state index contributed by atoms with van der Waals surface area (Å²) in [7, 11) is 0. The molecule has 2 fully saturated rings. The molecule has 1 atom stereocenters. The Bertz CT molecular complexity index is 1070. The van der Waals surface area contributed by atoms with E-state index in [-0.39, 0.29) is 11.8 Å². The van der Waals surface area contributed by atoms with Crippen LogP contribution in [-0.2, 0) is 11.3 Å². The number of carbonyl (C=O) groups is 2. The summed E-state index contributed by atoms with van der Waals surface area (Å²) in [4.78, 5) is 38.8. The van der Waals surface area contributed by atoms with Crippen molar-refractivity contribution in [3.63, 3.8) is 0 Å². The number of amides is 2. The average Bonchev–Trinajstić information content (AvgIpc) is 3.51. The summed E-state index contributed by atoms with van der Waals surface area (Å²) in [5.41, 5.74) is 1.91. The number of benzene rings is 1. The van der Waals surface area contributed by atoms with E-state index >= 15 is 0 Å². The molecule has 0 radical (unpaired) electrons. The maximum Gasteiger partial charge on any atom is 0.273 e. The Kier molecular flexibility index (Phi) is 4.83. The molecule has 0 bridgehead atoms. The minimum absolute atomic E-state index is 0.0821. The number of carbonyl (C=O) groups excluding carboxylic acids is 2. The Morgan fingerprint density at radius 2 is 1.87 bits per heavy atom. The molecule has 1 unspecified atom stereocenters. The SMILES string of the molecule is O=C(c1csc(-c2ccccc2)n1)N1CCC2(CCN(Cc3ccccn3)C2=O)C1. The Labute approximate surface area is 179 Å². The number of pyridine rings is 1. The first kappa shape index (κ1) is 18.9. The molecule has 152 valence electrons. The van der Waals surface area contributed by atoms with Gasteiger partial charge in [0, 0.05) is 36.8 Å². The fourth-order valence-corrected chi connectivity index (χ4v) is 5.20. The van der Waals surface area contributed by atoms with Crippen LogP contribution in [0.25, 0.3) is 10.6 Å². The molecule has 2 aliphatic heterocycles. The number of likely N-dealkylation sites (tertiary alicyclic amines) is 2. The van der Waals surface area contributed by atoms with Crippen LogP contribution in [-0.4, -0.2) is 51.2 Å². The van der Waals surface area contributed by atoms with Crippen molar-refractivity contribution in [3.05, 3.63) is 71.5 Å². The van der Waals surface area contributed by atoms with Crippen molar-refractivity contribution in [1.29, 1.82) is 0 Å². The molecule has 4 heterocycles. The Morgan fingerprint density at radius 1 is 1.07 bits per heavy atom. The van der Waals surface area contributed by atoms with Gasteiger partial charge in [-0.2, -0.15) is 0 Å². The van der Waals surface area contributed by atoms with Crippen molar-refractivity contribution in [2.24, 2.45) is 5.41 Å². The van der Waals surface area contributed by atoms with Gasteiger partial charge in [0.1, 0.15) is 10.7 Å². The van der Waals surface area contributed by atoms with Crippen LogP contribution in [0.2, 0.25) is 0 Å². The lowest BCUT2D eigenvalue weighted by Crippen LogP contribution is -2.38. The lowest BCUT2D eigenvalue weighted by atomic mass is 9.85. The van der Waals surface area contributed by atoms with Crippen LogP contribution in [0, 0.1) is 5.41 Å². The molecule has 6 nitrogen and oxygen atoms in total. The first-order valence-corrected chi connectivity index (χ1v) is 11.0. The summed E-state index contributed by atoms with van der Waals surface area (Å²) in [6, 6.07) is 15.6. The molecular formula is C23H22N4O2S. The van der Waals surface area contributed by atoms with E-state index in [9.17, 15) is 9.59 Å². The second-order valence-corrected chi connectivity index (χ2v) is 8.82. The minimum atomic E-state index is -0.456. The van der Waals surface area contributed by atoms with Crippen LogP contribution in [0.1, 0.15) is 29.0 Å². The maximum absolute atomic E-state index is 13.2. The van der Waals surface area contributed by atoms with Gasteiger partial charge in [-0.1, -0.05) is 36.4 Å². The average molecular weight is 419 g/mol. The van der Waals surface area contributed by atoms with Crippen LogP contribution in [0.4, 0.5) is 0 Å². The highest BCUT2D eigenvalue weighted by molar-refractivity contribution is 7.13. The summed E-state index contributed by atoms with van der Waals surface area (Å²) in [6.45, 7) is 2.32. The van der Waals surface area contributed by atoms with E-state index in [1.165, 1.54) is 11.3 Å². The molecule has 7 heteroatoms. The summed E-state index contributed by atoms with van der Waals surface area (Å²) in [5, 5.41) is 2.66. The molecule has 1 spiro atoms. The summed E-state index contributed by atoms with van der Waals surface area (Å²) >= 11 is 1.47. The van der Waals surface area contributed by atoms with Gasteiger partial charge in [-0.25, -0.2) is 4.98 Å². The largest absolute Gasteiger partial charge is 0.336 e. The van der Waals surface area contributed by atoms with Crippen molar-refractivity contribution in [1.82, 2.24) is 19.8 Å².